The number of likely N-dealkylation sites (tertiary alicyclic amines) is 1. The monoisotopic (exact) mass is 313 g/mol. The third kappa shape index (κ3) is 3.27. The van der Waals surface area contributed by atoms with Gasteiger partial charge in [0.15, 0.2) is 0 Å². The molecule has 0 radical (unpaired) electrons. The van der Waals surface area contributed by atoms with Gasteiger partial charge < -0.3 is 4.90 Å². The van der Waals surface area contributed by atoms with Gasteiger partial charge in [0, 0.05) is 19.5 Å². The SMILES string of the molecule is Cc1nc2ccc(CC(=S)N3CCC(C)CC3)cc2nc1C. The normalized spacial score (nSPS) is 16.2. The second kappa shape index (κ2) is 6.29. The molecular formula is C18H23N3S. The largest absolute Gasteiger partial charge is 0.366 e. The third-order valence-electron chi connectivity index (χ3n) is 4.63. The van der Waals surface area contributed by atoms with E-state index in [4.69, 9.17) is 12.2 Å². The minimum absolute atomic E-state index is 0.828. The fourth-order valence-corrected chi connectivity index (χ4v) is 3.28. The van der Waals surface area contributed by atoms with Crippen molar-refractivity contribution in [2.75, 3.05) is 13.1 Å². The van der Waals surface area contributed by atoms with Crippen molar-refractivity contribution in [1.82, 2.24) is 14.9 Å². The van der Waals surface area contributed by atoms with Crippen molar-refractivity contribution in [1.29, 1.82) is 0 Å². The zero-order valence-corrected chi connectivity index (χ0v) is 14.4. The molecule has 0 aliphatic carbocycles. The van der Waals surface area contributed by atoms with E-state index >= 15 is 0 Å². The number of rotatable bonds is 2. The van der Waals surface area contributed by atoms with E-state index in [0.29, 0.717) is 0 Å². The molecule has 116 valence electrons. The molecule has 0 N–H and O–H groups in total. The molecular weight excluding hydrogens is 290 g/mol. The number of fused-ring (bicyclic) bond motifs is 1. The first kappa shape index (κ1) is 15.3. The van der Waals surface area contributed by atoms with Crippen LogP contribution in [-0.4, -0.2) is 32.9 Å². The van der Waals surface area contributed by atoms with Crippen LogP contribution >= 0.6 is 12.2 Å². The average molecular weight is 313 g/mol. The van der Waals surface area contributed by atoms with Crippen molar-refractivity contribution in [2.24, 2.45) is 5.92 Å². The van der Waals surface area contributed by atoms with E-state index in [1.807, 2.05) is 13.8 Å². The highest BCUT2D eigenvalue weighted by molar-refractivity contribution is 7.80. The number of thiocarbonyl (C=S) groups is 1. The van der Waals surface area contributed by atoms with Crippen LogP contribution in [0.5, 0.6) is 0 Å². The smallest absolute Gasteiger partial charge is 0.0893 e. The van der Waals surface area contributed by atoms with Gasteiger partial charge in [-0.1, -0.05) is 25.2 Å². The van der Waals surface area contributed by atoms with Crippen LogP contribution in [0.3, 0.4) is 0 Å². The number of nitrogens with zero attached hydrogens (tertiary/aromatic N) is 3. The van der Waals surface area contributed by atoms with Crippen LogP contribution in [0, 0.1) is 19.8 Å². The maximum absolute atomic E-state index is 5.65. The molecule has 0 spiro atoms. The second-order valence-corrected chi connectivity index (χ2v) is 6.93. The maximum Gasteiger partial charge on any atom is 0.0893 e. The highest BCUT2D eigenvalue weighted by Gasteiger charge is 2.18. The van der Waals surface area contributed by atoms with E-state index < -0.39 is 0 Å². The Bertz CT molecular complexity index is 703. The van der Waals surface area contributed by atoms with Crippen LogP contribution in [0.2, 0.25) is 0 Å². The van der Waals surface area contributed by atoms with Crippen molar-refractivity contribution >= 4 is 28.2 Å². The summed E-state index contributed by atoms with van der Waals surface area (Å²) in [6.45, 7) is 8.54. The summed E-state index contributed by atoms with van der Waals surface area (Å²) in [7, 11) is 0. The van der Waals surface area contributed by atoms with Gasteiger partial charge in [0.05, 0.1) is 27.4 Å². The molecule has 1 aromatic carbocycles. The molecule has 3 rings (SSSR count). The zero-order chi connectivity index (χ0) is 15.7. The van der Waals surface area contributed by atoms with Gasteiger partial charge in [0.25, 0.3) is 0 Å². The summed E-state index contributed by atoms with van der Waals surface area (Å²) in [5, 5.41) is 0. The Morgan fingerprint density at radius 1 is 1.14 bits per heavy atom. The summed E-state index contributed by atoms with van der Waals surface area (Å²) in [6.07, 6.45) is 3.33. The lowest BCUT2D eigenvalue weighted by atomic mass is 9.99. The predicted octanol–water partition coefficient (Wildman–Crippen LogP) is 3.85. The Labute approximate surface area is 137 Å². The average Bonchev–Trinajstić information content (AvgIpc) is 2.49. The molecule has 1 aliphatic heterocycles. The van der Waals surface area contributed by atoms with Gasteiger partial charge >= 0.3 is 0 Å². The molecule has 1 aliphatic rings. The van der Waals surface area contributed by atoms with E-state index in [2.05, 4.69) is 40.0 Å². The van der Waals surface area contributed by atoms with Gasteiger partial charge in [0.2, 0.25) is 0 Å². The van der Waals surface area contributed by atoms with Crippen LogP contribution in [-0.2, 0) is 6.42 Å². The molecule has 1 fully saturated rings. The lowest BCUT2D eigenvalue weighted by molar-refractivity contribution is 0.281. The number of aromatic nitrogens is 2. The van der Waals surface area contributed by atoms with Gasteiger partial charge in [-0.2, -0.15) is 0 Å². The highest BCUT2D eigenvalue weighted by Crippen LogP contribution is 2.19. The molecule has 0 atom stereocenters. The molecule has 1 saturated heterocycles. The first-order chi connectivity index (χ1) is 10.5. The van der Waals surface area contributed by atoms with E-state index in [1.54, 1.807) is 0 Å². The summed E-state index contributed by atoms with van der Waals surface area (Å²) in [4.78, 5) is 12.7. The Morgan fingerprint density at radius 2 is 1.77 bits per heavy atom. The summed E-state index contributed by atoms with van der Waals surface area (Å²) in [5.74, 6) is 0.834. The molecule has 0 unspecified atom stereocenters. The maximum atomic E-state index is 5.65. The standard InChI is InChI=1S/C18H23N3S/c1-12-6-8-21(9-7-12)18(22)11-15-4-5-16-17(10-15)20-14(3)13(2)19-16/h4-5,10,12H,6-9,11H2,1-3H3. The van der Waals surface area contributed by atoms with Gasteiger partial charge in [0.1, 0.15) is 0 Å². The van der Waals surface area contributed by atoms with Crippen molar-refractivity contribution in [3.8, 4) is 0 Å². The van der Waals surface area contributed by atoms with E-state index in [-0.39, 0.29) is 0 Å². The van der Waals surface area contributed by atoms with Gasteiger partial charge in [-0.3, -0.25) is 0 Å². The summed E-state index contributed by atoms with van der Waals surface area (Å²) >= 11 is 5.65. The predicted molar refractivity (Wildman–Crippen MR) is 95.3 cm³/mol. The van der Waals surface area contributed by atoms with Crippen molar-refractivity contribution in [2.45, 2.75) is 40.0 Å². The van der Waals surface area contributed by atoms with Crippen LogP contribution in [0.25, 0.3) is 11.0 Å². The minimum atomic E-state index is 0.828. The molecule has 3 nitrogen and oxygen atoms in total. The summed E-state index contributed by atoms with van der Waals surface area (Å²) < 4.78 is 0. The first-order valence-electron chi connectivity index (χ1n) is 8.04. The van der Waals surface area contributed by atoms with Crippen LogP contribution < -0.4 is 0 Å². The number of benzene rings is 1. The number of hydrogen-bond donors (Lipinski definition) is 0. The molecule has 22 heavy (non-hydrogen) atoms. The van der Waals surface area contributed by atoms with Crippen LogP contribution in [0.4, 0.5) is 0 Å². The van der Waals surface area contributed by atoms with Crippen molar-refractivity contribution in [3.05, 3.63) is 35.2 Å². The molecule has 4 heteroatoms. The number of piperidine rings is 1. The Balaban J connectivity index is 1.76. The summed E-state index contributed by atoms with van der Waals surface area (Å²) in [6, 6.07) is 6.32. The minimum Gasteiger partial charge on any atom is -0.366 e. The van der Waals surface area contributed by atoms with E-state index in [0.717, 1.165) is 52.8 Å². The molecule has 2 aromatic rings. The Kier molecular flexibility index (Phi) is 4.39. The van der Waals surface area contributed by atoms with E-state index in [1.165, 1.54) is 18.4 Å². The Hall–Kier alpha value is -1.55. The van der Waals surface area contributed by atoms with Crippen LogP contribution in [0.15, 0.2) is 18.2 Å². The second-order valence-electron chi connectivity index (χ2n) is 6.46. The fraction of sp³-hybridized carbons (Fsp3) is 0.500. The molecule has 2 heterocycles. The quantitative estimate of drug-likeness (QED) is 0.788. The third-order valence-corrected chi connectivity index (χ3v) is 5.03. The first-order valence-corrected chi connectivity index (χ1v) is 8.45. The lowest BCUT2D eigenvalue weighted by Crippen LogP contribution is -2.37. The molecule has 1 aromatic heterocycles. The van der Waals surface area contributed by atoms with Gasteiger partial charge in [-0.05, 0) is 50.3 Å². The van der Waals surface area contributed by atoms with E-state index in [9.17, 15) is 0 Å². The molecule has 0 amide bonds. The highest BCUT2D eigenvalue weighted by atomic mass is 32.1. The molecule has 0 saturated carbocycles. The van der Waals surface area contributed by atoms with Crippen LogP contribution in [0.1, 0.15) is 36.7 Å². The van der Waals surface area contributed by atoms with Crippen molar-refractivity contribution < 1.29 is 0 Å². The number of hydrogen-bond acceptors (Lipinski definition) is 3. The lowest BCUT2D eigenvalue weighted by Gasteiger charge is -2.32. The topological polar surface area (TPSA) is 29.0 Å². The van der Waals surface area contributed by atoms with Crippen molar-refractivity contribution in [3.63, 3.8) is 0 Å². The van der Waals surface area contributed by atoms with Gasteiger partial charge in [-0.15, -0.1) is 0 Å². The Morgan fingerprint density at radius 3 is 2.45 bits per heavy atom. The number of aryl methyl sites for hydroxylation is 2. The molecule has 0 bridgehead atoms. The fourth-order valence-electron chi connectivity index (χ4n) is 2.93. The summed E-state index contributed by atoms with van der Waals surface area (Å²) in [5.41, 5.74) is 5.16. The zero-order valence-electron chi connectivity index (χ0n) is 13.6. The van der Waals surface area contributed by atoms with Gasteiger partial charge in [-0.25, -0.2) is 9.97 Å².